The quantitative estimate of drug-likeness (QED) is 0.603. The molecular weight excluding hydrogens is 418 g/mol. The van der Waals surface area contributed by atoms with Gasteiger partial charge in [0.15, 0.2) is 5.11 Å². The van der Waals surface area contributed by atoms with Crippen LogP contribution in [0.5, 0.6) is 5.75 Å². The summed E-state index contributed by atoms with van der Waals surface area (Å²) >= 11 is 8.52. The van der Waals surface area contributed by atoms with Crippen molar-refractivity contribution in [3.05, 3.63) is 58.1 Å². The van der Waals surface area contributed by atoms with Crippen molar-refractivity contribution in [3.8, 4) is 5.75 Å². The molecule has 4 N–H and O–H groups in total. The number of halogens is 1. The summed E-state index contributed by atoms with van der Waals surface area (Å²) in [4.78, 5) is 24.0. The Morgan fingerprint density at radius 1 is 1.19 bits per heavy atom. The summed E-state index contributed by atoms with van der Waals surface area (Å²) in [5, 5.41) is 5.45. The van der Waals surface area contributed by atoms with Crippen LogP contribution in [0.2, 0.25) is 0 Å². The molecule has 2 aromatic rings. The molecule has 2 amide bonds. The predicted molar refractivity (Wildman–Crippen MR) is 109 cm³/mol. The van der Waals surface area contributed by atoms with Crippen LogP contribution < -0.4 is 21.1 Å². The Morgan fingerprint density at radius 2 is 1.92 bits per heavy atom. The fourth-order valence-corrected chi connectivity index (χ4v) is 2.71. The van der Waals surface area contributed by atoms with Crippen molar-refractivity contribution in [2.24, 2.45) is 5.73 Å². The molecule has 0 saturated carbocycles. The molecule has 0 aliphatic heterocycles. The molecular formula is C18H18BrN3O3S. The molecule has 0 fully saturated rings. The second-order valence-corrected chi connectivity index (χ2v) is 6.63. The van der Waals surface area contributed by atoms with Gasteiger partial charge in [0.1, 0.15) is 5.75 Å². The summed E-state index contributed by atoms with van der Waals surface area (Å²) in [5.41, 5.74) is 6.38. The van der Waals surface area contributed by atoms with Gasteiger partial charge in [-0.2, -0.15) is 0 Å². The van der Waals surface area contributed by atoms with Crippen LogP contribution >= 0.6 is 28.1 Å². The summed E-state index contributed by atoms with van der Waals surface area (Å²) < 4.78 is 6.35. The van der Waals surface area contributed by atoms with Gasteiger partial charge in [0.05, 0.1) is 23.4 Å². The second-order valence-electron chi connectivity index (χ2n) is 5.31. The molecule has 0 aliphatic carbocycles. The predicted octanol–water partition coefficient (Wildman–Crippen LogP) is 3.46. The highest BCUT2D eigenvalue weighted by Gasteiger charge is 2.16. The Morgan fingerprint density at radius 3 is 2.62 bits per heavy atom. The van der Waals surface area contributed by atoms with Crippen LogP contribution in [0, 0.1) is 0 Å². The number of thiocarbonyl (C=S) groups is 1. The van der Waals surface area contributed by atoms with E-state index in [9.17, 15) is 9.59 Å². The van der Waals surface area contributed by atoms with E-state index in [0.717, 1.165) is 10.9 Å². The smallest absolute Gasteiger partial charge is 0.261 e. The third-order valence-electron chi connectivity index (χ3n) is 3.32. The maximum absolute atomic E-state index is 12.6. The summed E-state index contributed by atoms with van der Waals surface area (Å²) in [6.07, 6.45) is 0.820. The number of benzene rings is 2. The maximum atomic E-state index is 12.6. The molecule has 0 unspecified atom stereocenters. The molecule has 0 spiro atoms. The fourth-order valence-electron chi connectivity index (χ4n) is 2.15. The van der Waals surface area contributed by atoms with Crippen molar-refractivity contribution in [3.63, 3.8) is 0 Å². The van der Waals surface area contributed by atoms with E-state index in [1.54, 1.807) is 42.5 Å². The zero-order valence-corrected chi connectivity index (χ0v) is 16.4. The van der Waals surface area contributed by atoms with Gasteiger partial charge in [-0.25, -0.2) is 0 Å². The molecule has 0 aromatic heterocycles. The molecule has 0 bridgehead atoms. The minimum absolute atomic E-state index is 0.0464. The highest BCUT2D eigenvalue weighted by molar-refractivity contribution is 9.10. The minimum atomic E-state index is -0.593. The van der Waals surface area contributed by atoms with Gasteiger partial charge in [-0.3, -0.25) is 14.9 Å². The van der Waals surface area contributed by atoms with Gasteiger partial charge in [0.2, 0.25) is 0 Å². The first-order chi connectivity index (χ1) is 12.4. The van der Waals surface area contributed by atoms with Crippen molar-refractivity contribution >= 4 is 50.8 Å². The first kappa shape index (κ1) is 19.9. The minimum Gasteiger partial charge on any atom is -0.493 e. The third-order valence-corrected chi connectivity index (χ3v) is 4.01. The largest absolute Gasteiger partial charge is 0.493 e. The van der Waals surface area contributed by atoms with Crippen molar-refractivity contribution in [1.29, 1.82) is 0 Å². The molecule has 0 atom stereocenters. The van der Waals surface area contributed by atoms with Gasteiger partial charge in [-0.05, 0) is 49.0 Å². The average molecular weight is 436 g/mol. The first-order valence-corrected chi connectivity index (χ1v) is 9.06. The molecule has 0 radical (unpaired) electrons. The lowest BCUT2D eigenvalue weighted by Gasteiger charge is -2.14. The normalized spacial score (nSPS) is 10.1. The van der Waals surface area contributed by atoms with E-state index in [4.69, 9.17) is 22.7 Å². The summed E-state index contributed by atoms with van der Waals surface area (Å²) in [7, 11) is 0. The molecule has 136 valence electrons. The number of nitrogens with one attached hydrogen (secondary N) is 2. The third kappa shape index (κ3) is 5.27. The number of carbonyl (C=O) groups is 2. The Hall–Kier alpha value is -2.45. The molecule has 0 aliphatic rings. The Kier molecular flexibility index (Phi) is 7.11. The lowest BCUT2D eigenvalue weighted by molar-refractivity contribution is 0.0971. The lowest BCUT2D eigenvalue weighted by Crippen LogP contribution is -2.35. The van der Waals surface area contributed by atoms with Gasteiger partial charge in [0, 0.05) is 4.47 Å². The van der Waals surface area contributed by atoms with E-state index in [1.807, 2.05) is 6.92 Å². The SMILES string of the molecule is CCCOc1ccc(Br)cc1C(=O)NC(=S)Nc1ccccc1C(N)=O. The number of ether oxygens (including phenoxy) is 1. The van der Waals surface area contributed by atoms with E-state index < -0.39 is 11.8 Å². The molecule has 2 aromatic carbocycles. The van der Waals surface area contributed by atoms with Crippen LogP contribution in [-0.4, -0.2) is 23.5 Å². The molecule has 0 heterocycles. The lowest BCUT2D eigenvalue weighted by atomic mass is 10.1. The van der Waals surface area contributed by atoms with Gasteiger partial charge in [0.25, 0.3) is 11.8 Å². The van der Waals surface area contributed by atoms with Crippen molar-refractivity contribution in [2.45, 2.75) is 13.3 Å². The van der Waals surface area contributed by atoms with E-state index in [-0.39, 0.29) is 10.7 Å². The van der Waals surface area contributed by atoms with Crippen LogP contribution in [0.1, 0.15) is 34.1 Å². The zero-order valence-electron chi connectivity index (χ0n) is 14.0. The number of amides is 2. The Labute approximate surface area is 165 Å². The number of primary amides is 1. The van der Waals surface area contributed by atoms with Gasteiger partial charge in [-0.1, -0.05) is 35.0 Å². The number of para-hydroxylation sites is 1. The first-order valence-electron chi connectivity index (χ1n) is 7.86. The molecule has 0 saturated heterocycles. The summed E-state index contributed by atoms with van der Waals surface area (Å²) in [5.74, 6) is -0.552. The summed E-state index contributed by atoms with van der Waals surface area (Å²) in [6.45, 7) is 2.48. The number of carbonyl (C=O) groups excluding carboxylic acids is 2. The van der Waals surface area contributed by atoms with Gasteiger partial charge in [-0.15, -0.1) is 0 Å². The highest BCUT2D eigenvalue weighted by Crippen LogP contribution is 2.23. The Bertz CT molecular complexity index is 842. The second kappa shape index (κ2) is 9.30. The van der Waals surface area contributed by atoms with Crippen molar-refractivity contribution < 1.29 is 14.3 Å². The van der Waals surface area contributed by atoms with Crippen molar-refractivity contribution in [2.75, 3.05) is 11.9 Å². The van der Waals surface area contributed by atoms with E-state index >= 15 is 0 Å². The number of hydrogen-bond acceptors (Lipinski definition) is 4. The Balaban J connectivity index is 2.14. The number of anilines is 1. The van der Waals surface area contributed by atoms with E-state index in [1.165, 1.54) is 0 Å². The number of nitrogens with two attached hydrogens (primary N) is 1. The maximum Gasteiger partial charge on any atom is 0.261 e. The van der Waals surface area contributed by atoms with Crippen LogP contribution in [0.15, 0.2) is 46.9 Å². The van der Waals surface area contributed by atoms with Crippen LogP contribution in [0.3, 0.4) is 0 Å². The zero-order chi connectivity index (χ0) is 19.1. The fraction of sp³-hybridized carbons (Fsp3) is 0.167. The van der Waals surface area contributed by atoms with E-state index in [2.05, 4.69) is 26.6 Å². The van der Waals surface area contributed by atoms with Crippen LogP contribution in [0.25, 0.3) is 0 Å². The van der Waals surface area contributed by atoms with Gasteiger partial charge < -0.3 is 15.8 Å². The van der Waals surface area contributed by atoms with Gasteiger partial charge >= 0.3 is 0 Å². The topological polar surface area (TPSA) is 93.4 Å². The summed E-state index contributed by atoms with van der Waals surface area (Å²) in [6, 6.07) is 11.8. The molecule has 26 heavy (non-hydrogen) atoms. The molecule has 6 nitrogen and oxygen atoms in total. The highest BCUT2D eigenvalue weighted by atomic mass is 79.9. The van der Waals surface area contributed by atoms with E-state index in [0.29, 0.717) is 23.6 Å². The molecule has 8 heteroatoms. The monoisotopic (exact) mass is 435 g/mol. The molecule has 2 rings (SSSR count). The average Bonchev–Trinajstić information content (AvgIpc) is 2.60. The number of rotatable bonds is 6. The van der Waals surface area contributed by atoms with Crippen LogP contribution in [-0.2, 0) is 0 Å². The number of hydrogen-bond donors (Lipinski definition) is 3. The van der Waals surface area contributed by atoms with Crippen molar-refractivity contribution in [1.82, 2.24) is 5.32 Å². The standard InChI is InChI=1S/C18H18BrN3O3S/c1-2-9-25-15-8-7-11(19)10-13(15)17(24)22-18(26)21-14-6-4-3-5-12(14)16(20)23/h3-8,10H,2,9H2,1H3,(H2,20,23)(H2,21,22,24,26). The van der Waals surface area contributed by atoms with Crippen LogP contribution in [0.4, 0.5) is 5.69 Å².